The van der Waals surface area contributed by atoms with Gasteiger partial charge in [-0.25, -0.2) is 10.2 Å². The van der Waals surface area contributed by atoms with E-state index < -0.39 is 23.0 Å². The first-order valence-electron chi connectivity index (χ1n) is 6.41. The lowest BCUT2D eigenvalue weighted by molar-refractivity contribution is 0.0955. The number of halogens is 1. The van der Waals surface area contributed by atoms with E-state index >= 15 is 0 Å². The van der Waals surface area contributed by atoms with Crippen LogP contribution in [0.15, 0.2) is 43.4 Å². The molecule has 0 bridgehead atoms. The zero-order valence-corrected chi connectivity index (χ0v) is 13.9. The summed E-state index contributed by atoms with van der Waals surface area (Å²) in [4.78, 5) is 35.4. The molecule has 9 heteroatoms. The van der Waals surface area contributed by atoms with Gasteiger partial charge < -0.3 is 5.11 Å². The van der Waals surface area contributed by atoms with Crippen molar-refractivity contribution < 1.29 is 9.90 Å². The van der Waals surface area contributed by atoms with E-state index in [0.29, 0.717) is 5.56 Å². The molecular weight excluding hydrogens is 368 g/mol. The van der Waals surface area contributed by atoms with Crippen molar-refractivity contribution in [3.05, 3.63) is 60.7 Å². The number of aromatic hydroxyl groups is 1. The Morgan fingerprint density at radius 2 is 1.83 bits per heavy atom. The van der Waals surface area contributed by atoms with Crippen LogP contribution in [0, 0.1) is 0 Å². The number of hydrogen-bond donors (Lipinski definition) is 2. The fraction of sp³-hybridized carbons (Fsp3) is 0.143. The zero-order valence-electron chi connectivity index (χ0n) is 12.3. The van der Waals surface area contributed by atoms with Crippen LogP contribution >= 0.6 is 15.9 Å². The van der Waals surface area contributed by atoms with Gasteiger partial charge in [-0.1, -0.05) is 15.9 Å². The highest BCUT2D eigenvalue weighted by Gasteiger charge is 2.13. The van der Waals surface area contributed by atoms with E-state index in [1.807, 2.05) is 0 Å². The van der Waals surface area contributed by atoms with Crippen LogP contribution in [0.2, 0.25) is 0 Å². The van der Waals surface area contributed by atoms with Crippen LogP contribution in [-0.4, -0.2) is 26.4 Å². The highest BCUT2D eigenvalue weighted by atomic mass is 79.9. The molecule has 0 unspecified atom stereocenters. The quantitative estimate of drug-likeness (QED) is 0.590. The molecule has 1 amide bonds. The van der Waals surface area contributed by atoms with Gasteiger partial charge in [0.25, 0.3) is 11.5 Å². The van der Waals surface area contributed by atoms with Crippen LogP contribution < -0.4 is 16.7 Å². The van der Waals surface area contributed by atoms with E-state index in [2.05, 4.69) is 26.5 Å². The summed E-state index contributed by atoms with van der Waals surface area (Å²) in [5, 5.41) is 13.5. The van der Waals surface area contributed by atoms with Gasteiger partial charge in [0.05, 0.1) is 6.21 Å². The van der Waals surface area contributed by atoms with Crippen molar-refractivity contribution in [1.29, 1.82) is 0 Å². The summed E-state index contributed by atoms with van der Waals surface area (Å²) in [6.07, 6.45) is 0.994. The third kappa shape index (κ3) is 3.39. The number of rotatable bonds is 3. The minimum Gasteiger partial charge on any atom is -0.494 e. The van der Waals surface area contributed by atoms with Gasteiger partial charge in [0.15, 0.2) is 0 Å². The average molecular weight is 381 g/mol. The summed E-state index contributed by atoms with van der Waals surface area (Å²) < 4.78 is 2.56. The van der Waals surface area contributed by atoms with Crippen molar-refractivity contribution >= 4 is 28.1 Å². The van der Waals surface area contributed by atoms with Gasteiger partial charge in [0.1, 0.15) is 5.56 Å². The number of nitrogens with one attached hydrogen (secondary N) is 1. The second kappa shape index (κ2) is 6.61. The second-order valence-corrected chi connectivity index (χ2v) is 5.56. The highest BCUT2D eigenvalue weighted by molar-refractivity contribution is 9.10. The van der Waals surface area contributed by atoms with Crippen molar-refractivity contribution in [2.75, 3.05) is 0 Å². The molecule has 2 aromatic rings. The Hall–Kier alpha value is -2.68. The molecule has 1 aromatic carbocycles. The maximum atomic E-state index is 11.9. The fourth-order valence-electron chi connectivity index (χ4n) is 1.79. The van der Waals surface area contributed by atoms with E-state index in [1.165, 1.54) is 14.1 Å². The molecule has 0 atom stereocenters. The smallest absolute Gasteiger partial charge is 0.333 e. The molecule has 0 saturated heterocycles. The van der Waals surface area contributed by atoms with Gasteiger partial charge in [-0.05, 0) is 24.3 Å². The molecule has 23 heavy (non-hydrogen) atoms. The maximum Gasteiger partial charge on any atom is 0.333 e. The molecule has 0 aliphatic heterocycles. The van der Waals surface area contributed by atoms with Gasteiger partial charge in [-0.2, -0.15) is 5.10 Å². The van der Waals surface area contributed by atoms with Crippen LogP contribution in [0.25, 0.3) is 0 Å². The van der Waals surface area contributed by atoms with Crippen molar-refractivity contribution in [3.63, 3.8) is 0 Å². The number of nitrogens with zero attached hydrogens (tertiary/aromatic N) is 3. The molecule has 0 spiro atoms. The van der Waals surface area contributed by atoms with Gasteiger partial charge in [-0.3, -0.25) is 18.7 Å². The second-order valence-electron chi connectivity index (χ2n) is 4.65. The molecule has 0 aliphatic carbocycles. The normalized spacial score (nSPS) is 10.9. The first kappa shape index (κ1) is 16.7. The SMILES string of the molecule is Cn1c(O)c(/C=N/NC(=O)c2ccc(Br)cc2)c(=O)n(C)c1=O. The molecule has 1 heterocycles. The Bertz CT molecular complexity index is 897. The van der Waals surface area contributed by atoms with Gasteiger partial charge >= 0.3 is 5.69 Å². The average Bonchev–Trinajstić information content (AvgIpc) is 2.54. The summed E-state index contributed by atoms with van der Waals surface area (Å²) >= 11 is 3.26. The van der Waals surface area contributed by atoms with Crippen molar-refractivity contribution in [3.8, 4) is 5.88 Å². The van der Waals surface area contributed by atoms with Crippen LogP contribution in [0.5, 0.6) is 5.88 Å². The predicted molar refractivity (Wildman–Crippen MR) is 87.8 cm³/mol. The molecule has 8 nitrogen and oxygen atoms in total. The van der Waals surface area contributed by atoms with Crippen LogP contribution in [-0.2, 0) is 14.1 Å². The third-order valence-electron chi connectivity index (χ3n) is 3.13. The molecule has 1 aromatic heterocycles. The maximum absolute atomic E-state index is 11.9. The molecule has 0 fully saturated rings. The van der Waals surface area contributed by atoms with E-state index in [9.17, 15) is 19.5 Å². The Labute approximate surface area is 138 Å². The number of benzene rings is 1. The Morgan fingerprint density at radius 1 is 1.22 bits per heavy atom. The molecule has 0 aliphatic rings. The van der Waals surface area contributed by atoms with E-state index in [0.717, 1.165) is 19.8 Å². The number of hydrogen-bond acceptors (Lipinski definition) is 5. The van der Waals surface area contributed by atoms with Crippen molar-refractivity contribution in [1.82, 2.24) is 14.6 Å². The van der Waals surface area contributed by atoms with Gasteiger partial charge in [0.2, 0.25) is 5.88 Å². The molecular formula is C14H13BrN4O4. The first-order valence-corrected chi connectivity index (χ1v) is 7.20. The minimum absolute atomic E-state index is 0.203. The van der Waals surface area contributed by atoms with Crippen LogP contribution in [0.3, 0.4) is 0 Å². The Morgan fingerprint density at radius 3 is 2.43 bits per heavy atom. The van der Waals surface area contributed by atoms with Crippen LogP contribution in [0.4, 0.5) is 0 Å². The predicted octanol–water partition coefficient (Wildman–Crippen LogP) is 0.316. The van der Waals surface area contributed by atoms with Crippen LogP contribution in [0.1, 0.15) is 15.9 Å². The highest BCUT2D eigenvalue weighted by Crippen LogP contribution is 2.10. The summed E-state index contributed by atoms with van der Waals surface area (Å²) in [5.41, 5.74) is 1.04. The zero-order chi connectivity index (χ0) is 17.1. The molecule has 0 radical (unpaired) electrons. The lowest BCUT2D eigenvalue weighted by atomic mass is 10.2. The monoisotopic (exact) mass is 380 g/mol. The Kier molecular flexibility index (Phi) is 4.80. The Balaban J connectivity index is 2.25. The van der Waals surface area contributed by atoms with E-state index in [1.54, 1.807) is 24.3 Å². The molecule has 0 saturated carbocycles. The van der Waals surface area contributed by atoms with E-state index in [-0.39, 0.29) is 5.56 Å². The fourth-order valence-corrected chi connectivity index (χ4v) is 2.06. The summed E-state index contributed by atoms with van der Waals surface area (Å²) in [7, 11) is 2.59. The standard InChI is InChI=1S/C14H13BrN4O4/c1-18-12(21)10(13(22)19(2)14(18)23)7-16-17-11(20)8-3-5-9(15)6-4-8/h3-7,21H,1-2H3,(H,17,20)/b16-7+. The third-order valence-corrected chi connectivity index (χ3v) is 3.66. The van der Waals surface area contributed by atoms with Crippen molar-refractivity contribution in [2.45, 2.75) is 0 Å². The summed E-state index contributed by atoms with van der Waals surface area (Å²) in [6, 6.07) is 6.59. The number of amides is 1. The summed E-state index contributed by atoms with van der Waals surface area (Å²) in [6.45, 7) is 0. The van der Waals surface area contributed by atoms with Gasteiger partial charge in [-0.15, -0.1) is 0 Å². The first-order chi connectivity index (χ1) is 10.8. The molecule has 2 N–H and O–H groups in total. The lowest BCUT2D eigenvalue weighted by Gasteiger charge is -2.07. The van der Waals surface area contributed by atoms with E-state index in [4.69, 9.17) is 0 Å². The number of carbonyl (C=O) groups is 1. The van der Waals surface area contributed by atoms with Gasteiger partial charge in [0, 0.05) is 24.1 Å². The molecule has 2 rings (SSSR count). The minimum atomic E-state index is -0.716. The number of aromatic nitrogens is 2. The topological polar surface area (TPSA) is 106 Å². The molecule has 120 valence electrons. The van der Waals surface area contributed by atoms with Crippen molar-refractivity contribution in [2.24, 2.45) is 19.2 Å². The lowest BCUT2D eigenvalue weighted by Crippen LogP contribution is -2.38. The summed E-state index contributed by atoms with van der Waals surface area (Å²) in [5.74, 6) is -1.00. The number of carbonyl (C=O) groups excluding carboxylic acids is 1. The number of hydrazone groups is 1. The largest absolute Gasteiger partial charge is 0.494 e.